The van der Waals surface area contributed by atoms with Crippen LogP contribution in [0.25, 0.3) is 10.9 Å². The summed E-state index contributed by atoms with van der Waals surface area (Å²) in [6, 6.07) is 8.49. The minimum absolute atomic E-state index is 0.0360. The number of aromatic nitrogens is 2. The van der Waals surface area contributed by atoms with E-state index in [-0.39, 0.29) is 12.2 Å². The zero-order valence-corrected chi connectivity index (χ0v) is 14.8. The van der Waals surface area contributed by atoms with Crippen molar-refractivity contribution in [3.8, 4) is 0 Å². The van der Waals surface area contributed by atoms with Crippen LogP contribution in [0, 0.1) is 5.92 Å². The molecule has 3 heterocycles. The van der Waals surface area contributed by atoms with Crippen LogP contribution in [0.3, 0.4) is 0 Å². The molecule has 5 rings (SSSR count). The molecule has 0 radical (unpaired) electrons. The van der Waals surface area contributed by atoms with Crippen LogP contribution in [0.4, 0.5) is 5.82 Å². The average Bonchev–Trinajstić information content (AvgIpc) is 3.53. The molecule has 1 aromatic carbocycles. The summed E-state index contributed by atoms with van der Waals surface area (Å²) in [4.78, 5) is 25.6. The average molecular weight is 352 g/mol. The van der Waals surface area contributed by atoms with Gasteiger partial charge < -0.3 is 10.2 Å². The molecule has 2 aromatic rings. The number of piperazine rings is 1. The minimum atomic E-state index is -0.0360. The van der Waals surface area contributed by atoms with Gasteiger partial charge in [0.05, 0.1) is 5.52 Å². The van der Waals surface area contributed by atoms with Gasteiger partial charge in [0.15, 0.2) is 0 Å². The first-order valence-electron chi connectivity index (χ1n) is 9.52. The zero-order valence-electron chi connectivity index (χ0n) is 14.8. The number of nitrogens with zero attached hydrogens (tertiary/aromatic N) is 4. The maximum atomic E-state index is 12.1. The van der Waals surface area contributed by atoms with E-state index < -0.39 is 0 Å². The fourth-order valence-electron chi connectivity index (χ4n) is 4.15. The number of hydrogen-bond donors (Lipinski definition) is 2. The van der Waals surface area contributed by atoms with E-state index in [9.17, 15) is 4.79 Å². The van der Waals surface area contributed by atoms with E-state index in [1.165, 1.54) is 12.8 Å². The van der Waals surface area contributed by atoms with E-state index >= 15 is 0 Å². The Morgan fingerprint density at radius 3 is 2.65 bits per heavy atom. The van der Waals surface area contributed by atoms with Gasteiger partial charge in [0.25, 0.3) is 0 Å². The molecule has 3 aliphatic rings. The number of carbonyl (C=O) groups excluding carboxylic acids is 1. The second kappa shape index (κ2) is 6.48. The first kappa shape index (κ1) is 16.0. The monoisotopic (exact) mass is 352 g/mol. The zero-order chi connectivity index (χ0) is 17.5. The van der Waals surface area contributed by atoms with Gasteiger partial charge in [-0.3, -0.25) is 15.0 Å². The molecule has 136 valence electrons. The summed E-state index contributed by atoms with van der Waals surface area (Å²) in [7, 11) is 0. The summed E-state index contributed by atoms with van der Waals surface area (Å²) in [5, 5.41) is 7.86. The standard InChI is InChI=1S/C19H24N6O/c26-17-11-16(13-5-6-13)22-19(23-17)25-9-7-24(8-10-25)18-14-3-1-2-4-15(14)20-12-21-18/h1-4,12-13,16,19,22H,5-11H2,(H,23,26). The third-order valence-electron chi connectivity index (χ3n) is 5.77. The van der Waals surface area contributed by atoms with Crippen LogP contribution < -0.4 is 15.5 Å². The van der Waals surface area contributed by atoms with Crippen molar-refractivity contribution in [2.24, 2.45) is 5.92 Å². The molecule has 26 heavy (non-hydrogen) atoms. The third kappa shape index (κ3) is 3.01. The SMILES string of the molecule is O=C1CC(C2CC2)NC(N2CCN(c3ncnc4ccccc34)CC2)N1. The Hall–Kier alpha value is -2.25. The molecular weight excluding hydrogens is 328 g/mol. The molecule has 7 nitrogen and oxygen atoms in total. The molecule has 1 amide bonds. The maximum absolute atomic E-state index is 12.1. The van der Waals surface area contributed by atoms with E-state index in [1.54, 1.807) is 6.33 Å². The van der Waals surface area contributed by atoms with E-state index in [0.717, 1.165) is 42.9 Å². The fourth-order valence-corrected chi connectivity index (χ4v) is 4.15. The Bertz CT molecular complexity index is 809. The topological polar surface area (TPSA) is 73.4 Å². The summed E-state index contributed by atoms with van der Waals surface area (Å²) in [6.45, 7) is 3.58. The number of amides is 1. The fraction of sp³-hybridized carbons (Fsp3) is 0.526. The summed E-state index contributed by atoms with van der Waals surface area (Å²) in [6.07, 6.45) is 4.74. The number of anilines is 1. The predicted molar refractivity (Wildman–Crippen MR) is 99.5 cm³/mol. The number of benzene rings is 1. The van der Waals surface area contributed by atoms with Crippen molar-refractivity contribution in [1.82, 2.24) is 25.5 Å². The Morgan fingerprint density at radius 2 is 1.85 bits per heavy atom. The summed E-state index contributed by atoms with van der Waals surface area (Å²) >= 11 is 0. The molecule has 2 aliphatic heterocycles. The molecule has 1 saturated carbocycles. The Balaban J connectivity index is 1.28. The number of para-hydroxylation sites is 1. The number of nitrogens with one attached hydrogen (secondary N) is 2. The van der Waals surface area contributed by atoms with Gasteiger partial charge in [-0.15, -0.1) is 0 Å². The van der Waals surface area contributed by atoms with Crippen LogP contribution in [-0.4, -0.2) is 59.3 Å². The van der Waals surface area contributed by atoms with Gasteiger partial charge in [-0.05, 0) is 30.9 Å². The smallest absolute Gasteiger partial charge is 0.223 e. The lowest BCUT2D eigenvalue weighted by molar-refractivity contribution is -0.127. The molecule has 2 saturated heterocycles. The first-order valence-corrected chi connectivity index (χ1v) is 9.52. The number of rotatable bonds is 3. The highest BCUT2D eigenvalue weighted by atomic mass is 16.2. The maximum Gasteiger partial charge on any atom is 0.223 e. The molecule has 2 unspecified atom stereocenters. The molecule has 0 bridgehead atoms. The molecule has 7 heteroatoms. The van der Waals surface area contributed by atoms with Crippen molar-refractivity contribution in [1.29, 1.82) is 0 Å². The van der Waals surface area contributed by atoms with Crippen molar-refractivity contribution >= 4 is 22.6 Å². The van der Waals surface area contributed by atoms with Crippen LogP contribution in [0.2, 0.25) is 0 Å². The number of fused-ring (bicyclic) bond motifs is 1. The largest absolute Gasteiger partial charge is 0.353 e. The second-order valence-corrected chi connectivity index (χ2v) is 7.52. The highest BCUT2D eigenvalue weighted by Crippen LogP contribution is 2.35. The van der Waals surface area contributed by atoms with Crippen LogP contribution >= 0.6 is 0 Å². The summed E-state index contributed by atoms with van der Waals surface area (Å²) in [5.41, 5.74) is 0.980. The quantitative estimate of drug-likeness (QED) is 0.856. The van der Waals surface area contributed by atoms with Crippen LogP contribution in [0.5, 0.6) is 0 Å². The van der Waals surface area contributed by atoms with Crippen LogP contribution in [0.1, 0.15) is 19.3 Å². The van der Waals surface area contributed by atoms with Crippen LogP contribution in [-0.2, 0) is 4.79 Å². The lowest BCUT2D eigenvalue weighted by Crippen LogP contribution is -2.67. The molecule has 0 spiro atoms. The molecule has 2 atom stereocenters. The van der Waals surface area contributed by atoms with Gasteiger partial charge in [0, 0.05) is 44.0 Å². The molecule has 1 aromatic heterocycles. The highest BCUT2D eigenvalue weighted by molar-refractivity contribution is 5.89. The van der Waals surface area contributed by atoms with Crippen molar-refractivity contribution in [3.05, 3.63) is 30.6 Å². The van der Waals surface area contributed by atoms with Crippen molar-refractivity contribution in [3.63, 3.8) is 0 Å². The van der Waals surface area contributed by atoms with Crippen molar-refractivity contribution < 1.29 is 4.79 Å². The summed E-state index contributed by atoms with van der Waals surface area (Å²) in [5.74, 6) is 1.87. The minimum Gasteiger partial charge on any atom is -0.353 e. The third-order valence-corrected chi connectivity index (χ3v) is 5.77. The van der Waals surface area contributed by atoms with Gasteiger partial charge in [0.1, 0.15) is 18.4 Å². The number of hydrogen-bond acceptors (Lipinski definition) is 6. The van der Waals surface area contributed by atoms with E-state index in [0.29, 0.717) is 18.4 Å². The van der Waals surface area contributed by atoms with Crippen molar-refractivity contribution in [2.45, 2.75) is 31.6 Å². The molecule has 3 fully saturated rings. The molecular formula is C19H24N6O. The van der Waals surface area contributed by atoms with Gasteiger partial charge in [-0.1, -0.05) is 12.1 Å². The van der Waals surface area contributed by atoms with Crippen molar-refractivity contribution in [2.75, 3.05) is 31.1 Å². The van der Waals surface area contributed by atoms with Gasteiger partial charge in [-0.2, -0.15) is 0 Å². The van der Waals surface area contributed by atoms with Gasteiger partial charge in [0.2, 0.25) is 5.91 Å². The van der Waals surface area contributed by atoms with E-state index in [1.807, 2.05) is 18.2 Å². The van der Waals surface area contributed by atoms with E-state index in [2.05, 4.69) is 36.5 Å². The highest BCUT2D eigenvalue weighted by Gasteiger charge is 2.39. The number of carbonyl (C=O) groups is 1. The molecule has 2 N–H and O–H groups in total. The Morgan fingerprint density at radius 1 is 1.04 bits per heavy atom. The van der Waals surface area contributed by atoms with Gasteiger partial charge in [-0.25, -0.2) is 9.97 Å². The Kier molecular flexibility index (Phi) is 3.98. The predicted octanol–water partition coefficient (Wildman–Crippen LogP) is 0.923. The second-order valence-electron chi connectivity index (χ2n) is 7.52. The molecule has 1 aliphatic carbocycles. The van der Waals surface area contributed by atoms with E-state index in [4.69, 9.17) is 0 Å². The lowest BCUT2D eigenvalue weighted by atomic mass is 10.1. The van der Waals surface area contributed by atoms with Crippen LogP contribution in [0.15, 0.2) is 30.6 Å². The van der Waals surface area contributed by atoms with Gasteiger partial charge >= 0.3 is 0 Å². The normalized spacial score (nSPS) is 27.5. The Labute approximate surface area is 152 Å². The lowest BCUT2D eigenvalue weighted by Gasteiger charge is -2.43. The summed E-state index contributed by atoms with van der Waals surface area (Å²) < 4.78 is 0. The first-order chi connectivity index (χ1) is 12.8.